The first-order chi connectivity index (χ1) is 6.99. The Balaban J connectivity index is 3.55. The Kier molecular flexibility index (Phi) is 8.02. The van der Waals surface area contributed by atoms with Gasteiger partial charge in [0.25, 0.3) is 0 Å². The molecule has 0 aliphatic heterocycles. The Labute approximate surface area is 94.5 Å². The number of rotatable bonds is 8. The molecule has 0 aliphatic rings. The van der Waals surface area contributed by atoms with Crippen LogP contribution in [-0.4, -0.2) is 40.0 Å². The zero-order valence-corrected chi connectivity index (χ0v) is 10.9. The molecule has 0 bridgehead atoms. The second kappa shape index (κ2) is 8.08. The van der Waals surface area contributed by atoms with Crippen molar-refractivity contribution in [2.45, 2.75) is 39.7 Å². The second-order valence-corrected chi connectivity index (χ2v) is 5.15. The van der Waals surface area contributed by atoms with Crippen LogP contribution in [0.4, 0.5) is 0 Å². The minimum Gasteiger partial charge on any atom is -0.382 e. The molecule has 0 radical (unpaired) electrons. The maximum Gasteiger partial charge on any atom is 0.0701 e. The Morgan fingerprint density at radius 3 is 2.33 bits per heavy atom. The largest absolute Gasteiger partial charge is 0.382 e. The third-order valence-electron chi connectivity index (χ3n) is 2.40. The molecule has 1 atom stereocenters. The molecule has 0 fully saturated rings. The molecule has 0 saturated heterocycles. The summed E-state index contributed by atoms with van der Waals surface area (Å²) in [6.45, 7) is 8.94. The van der Waals surface area contributed by atoms with Crippen molar-refractivity contribution in [1.29, 1.82) is 0 Å². The summed E-state index contributed by atoms with van der Waals surface area (Å²) in [5, 5.41) is 3.29. The second-order valence-electron chi connectivity index (χ2n) is 5.15. The van der Waals surface area contributed by atoms with Gasteiger partial charge in [0.2, 0.25) is 0 Å². The number of methoxy groups -OCH3 is 1. The first-order valence-corrected chi connectivity index (χ1v) is 5.73. The van der Waals surface area contributed by atoms with Crippen LogP contribution >= 0.6 is 0 Å². The van der Waals surface area contributed by atoms with Crippen molar-refractivity contribution >= 4 is 0 Å². The van der Waals surface area contributed by atoms with Gasteiger partial charge in [-0.15, -0.1) is 0 Å². The van der Waals surface area contributed by atoms with E-state index in [9.17, 15) is 0 Å². The fourth-order valence-electron chi connectivity index (χ4n) is 1.29. The monoisotopic (exact) mass is 217 g/mol. The van der Waals surface area contributed by atoms with Crippen molar-refractivity contribution < 1.29 is 9.47 Å². The van der Waals surface area contributed by atoms with Crippen molar-refractivity contribution in [3.8, 4) is 0 Å². The first kappa shape index (κ1) is 14.9. The summed E-state index contributed by atoms with van der Waals surface area (Å²) in [4.78, 5) is 0. The van der Waals surface area contributed by atoms with E-state index in [1.807, 2.05) is 7.05 Å². The summed E-state index contributed by atoms with van der Waals surface area (Å²) in [7, 11) is 3.69. The van der Waals surface area contributed by atoms with Gasteiger partial charge >= 0.3 is 0 Å². The summed E-state index contributed by atoms with van der Waals surface area (Å²) in [6, 6.07) is 0.459. The predicted molar refractivity (Wildman–Crippen MR) is 64.2 cm³/mol. The average molecular weight is 217 g/mol. The van der Waals surface area contributed by atoms with Crippen LogP contribution in [-0.2, 0) is 9.47 Å². The van der Waals surface area contributed by atoms with Crippen LogP contribution in [0.5, 0.6) is 0 Å². The van der Waals surface area contributed by atoms with Crippen molar-refractivity contribution in [3.63, 3.8) is 0 Å². The average Bonchev–Trinajstić information content (AvgIpc) is 2.15. The van der Waals surface area contributed by atoms with Gasteiger partial charge in [-0.05, 0) is 25.3 Å². The number of hydrogen-bond acceptors (Lipinski definition) is 3. The Morgan fingerprint density at radius 2 is 1.87 bits per heavy atom. The van der Waals surface area contributed by atoms with Gasteiger partial charge in [-0.1, -0.05) is 20.8 Å². The molecular formula is C12H27NO2. The zero-order chi connectivity index (χ0) is 11.7. The van der Waals surface area contributed by atoms with Crippen LogP contribution in [0.25, 0.3) is 0 Å². The van der Waals surface area contributed by atoms with Gasteiger partial charge in [0.1, 0.15) is 0 Å². The zero-order valence-electron chi connectivity index (χ0n) is 10.9. The summed E-state index contributed by atoms with van der Waals surface area (Å²) in [6.07, 6.45) is 2.37. The predicted octanol–water partition coefficient (Wildman–Crippen LogP) is 2.06. The Bertz CT molecular complexity index is 143. The summed E-state index contributed by atoms with van der Waals surface area (Å²) in [5.74, 6) is 0. The molecule has 1 unspecified atom stereocenters. The van der Waals surface area contributed by atoms with Gasteiger partial charge in [0, 0.05) is 13.2 Å². The van der Waals surface area contributed by atoms with Crippen LogP contribution < -0.4 is 5.32 Å². The smallest absolute Gasteiger partial charge is 0.0701 e. The normalized spacial score (nSPS) is 14.2. The molecule has 0 spiro atoms. The van der Waals surface area contributed by atoms with Crippen LogP contribution in [0.2, 0.25) is 0 Å². The summed E-state index contributed by atoms with van der Waals surface area (Å²) < 4.78 is 10.4. The fraction of sp³-hybridized carbons (Fsp3) is 1.00. The van der Waals surface area contributed by atoms with Crippen LogP contribution in [0, 0.1) is 5.41 Å². The van der Waals surface area contributed by atoms with E-state index < -0.39 is 0 Å². The molecular weight excluding hydrogens is 190 g/mol. The highest BCUT2D eigenvalue weighted by molar-refractivity contribution is 4.69. The number of ether oxygens (including phenoxy) is 2. The maximum absolute atomic E-state index is 5.50. The van der Waals surface area contributed by atoms with Crippen molar-refractivity contribution in [2.24, 2.45) is 5.41 Å². The standard InChI is InChI=1S/C12H27NO2/c1-12(2,3)7-6-11(13-4)10-15-9-8-14-5/h11,13H,6-10H2,1-5H3. The van der Waals surface area contributed by atoms with E-state index in [2.05, 4.69) is 26.1 Å². The van der Waals surface area contributed by atoms with E-state index in [4.69, 9.17) is 9.47 Å². The lowest BCUT2D eigenvalue weighted by molar-refractivity contribution is 0.0569. The maximum atomic E-state index is 5.50. The van der Waals surface area contributed by atoms with Crippen molar-refractivity contribution in [3.05, 3.63) is 0 Å². The van der Waals surface area contributed by atoms with Crippen LogP contribution in [0.15, 0.2) is 0 Å². The molecule has 0 rings (SSSR count). The van der Waals surface area contributed by atoms with E-state index >= 15 is 0 Å². The minimum atomic E-state index is 0.404. The summed E-state index contributed by atoms with van der Waals surface area (Å²) in [5.41, 5.74) is 0.404. The molecule has 0 amide bonds. The van der Waals surface area contributed by atoms with Gasteiger partial charge < -0.3 is 14.8 Å². The van der Waals surface area contributed by atoms with Gasteiger partial charge in [0.05, 0.1) is 19.8 Å². The minimum absolute atomic E-state index is 0.404. The molecule has 1 N–H and O–H groups in total. The SMILES string of the molecule is CNC(CCC(C)(C)C)COCCOC. The van der Waals surface area contributed by atoms with E-state index in [0.29, 0.717) is 24.7 Å². The highest BCUT2D eigenvalue weighted by atomic mass is 16.5. The van der Waals surface area contributed by atoms with E-state index in [1.165, 1.54) is 6.42 Å². The number of likely N-dealkylation sites (N-methyl/N-ethyl adjacent to an activating group) is 1. The highest BCUT2D eigenvalue weighted by Crippen LogP contribution is 2.21. The molecule has 3 heteroatoms. The molecule has 0 aromatic rings. The molecule has 3 nitrogen and oxygen atoms in total. The van der Waals surface area contributed by atoms with E-state index in [-0.39, 0.29) is 0 Å². The van der Waals surface area contributed by atoms with Crippen molar-refractivity contribution in [1.82, 2.24) is 5.32 Å². The van der Waals surface area contributed by atoms with Gasteiger partial charge in [-0.2, -0.15) is 0 Å². The summed E-state index contributed by atoms with van der Waals surface area (Å²) >= 11 is 0. The third-order valence-corrected chi connectivity index (χ3v) is 2.40. The van der Waals surface area contributed by atoms with Crippen molar-refractivity contribution in [2.75, 3.05) is 34.0 Å². The van der Waals surface area contributed by atoms with Gasteiger partial charge in [-0.3, -0.25) is 0 Å². The highest BCUT2D eigenvalue weighted by Gasteiger charge is 2.14. The Hall–Kier alpha value is -0.120. The molecule has 0 heterocycles. The van der Waals surface area contributed by atoms with Crippen LogP contribution in [0.3, 0.4) is 0 Å². The molecule has 0 aromatic carbocycles. The quantitative estimate of drug-likeness (QED) is 0.631. The van der Waals surface area contributed by atoms with Gasteiger partial charge in [-0.25, -0.2) is 0 Å². The lowest BCUT2D eigenvalue weighted by atomic mass is 9.89. The van der Waals surface area contributed by atoms with E-state index in [0.717, 1.165) is 13.0 Å². The third kappa shape index (κ3) is 10.2. The molecule has 15 heavy (non-hydrogen) atoms. The molecule has 0 aromatic heterocycles. The van der Waals surface area contributed by atoms with Crippen LogP contribution in [0.1, 0.15) is 33.6 Å². The van der Waals surface area contributed by atoms with E-state index in [1.54, 1.807) is 7.11 Å². The fourth-order valence-corrected chi connectivity index (χ4v) is 1.29. The molecule has 0 saturated carbocycles. The molecule has 0 aliphatic carbocycles. The number of hydrogen-bond donors (Lipinski definition) is 1. The lowest BCUT2D eigenvalue weighted by Crippen LogP contribution is -2.32. The Morgan fingerprint density at radius 1 is 1.20 bits per heavy atom. The first-order valence-electron chi connectivity index (χ1n) is 5.73. The van der Waals surface area contributed by atoms with Gasteiger partial charge in [0.15, 0.2) is 0 Å². The number of nitrogens with one attached hydrogen (secondary N) is 1. The topological polar surface area (TPSA) is 30.5 Å². The lowest BCUT2D eigenvalue weighted by Gasteiger charge is -2.22. The molecule has 92 valence electrons.